The lowest BCUT2D eigenvalue weighted by Gasteiger charge is -2.04. The number of rotatable bonds is 5. The number of hydrogen-bond donors (Lipinski definition) is 1. The van der Waals surface area contributed by atoms with E-state index in [1.807, 2.05) is 41.9 Å². The van der Waals surface area contributed by atoms with Crippen LogP contribution in [0, 0.1) is 0 Å². The zero-order valence-electron chi connectivity index (χ0n) is 13.8. The van der Waals surface area contributed by atoms with E-state index < -0.39 is 21.5 Å². The minimum absolute atomic E-state index is 0.198. The summed E-state index contributed by atoms with van der Waals surface area (Å²) in [6.07, 6.45) is 0. The first-order chi connectivity index (χ1) is 12.3. The number of aromatic nitrogens is 1. The van der Waals surface area contributed by atoms with Crippen LogP contribution in [0.4, 0.5) is 0 Å². The van der Waals surface area contributed by atoms with Crippen LogP contribution >= 0.6 is 27.3 Å². The van der Waals surface area contributed by atoms with E-state index in [2.05, 4.69) is 26.5 Å². The monoisotopic (exact) mass is 453 g/mol. The van der Waals surface area contributed by atoms with Gasteiger partial charge in [-0.1, -0.05) is 51.5 Å². The van der Waals surface area contributed by atoms with E-state index in [4.69, 9.17) is 0 Å². The molecule has 0 spiro atoms. The van der Waals surface area contributed by atoms with E-state index in [1.165, 1.54) is 11.3 Å². The number of amides is 1. The van der Waals surface area contributed by atoms with Gasteiger partial charge in [0.25, 0.3) is 5.91 Å². The zero-order valence-corrected chi connectivity index (χ0v) is 17.1. The van der Waals surface area contributed by atoms with Gasteiger partial charge in [-0.3, -0.25) is 4.79 Å². The van der Waals surface area contributed by atoms with Crippen LogP contribution in [0.25, 0.3) is 10.2 Å². The maximum atomic E-state index is 12.2. The van der Waals surface area contributed by atoms with E-state index in [9.17, 15) is 13.2 Å². The first kappa shape index (κ1) is 18.8. The Kier molecular flexibility index (Phi) is 5.59. The Hall–Kier alpha value is -1.97. The summed E-state index contributed by atoms with van der Waals surface area (Å²) in [4.78, 5) is 12.6. The van der Waals surface area contributed by atoms with Crippen molar-refractivity contribution in [2.45, 2.75) is 5.75 Å². The predicted molar refractivity (Wildman–Crippen MR) is 106 cm³/mol. The molecule has 26 heavy (non-hydrogen) atoms. The van der Waals surface area contributed by atoms with Crippen LogP contribution in [0.5, 0.6) is 0 Å². The van der Waals surface area contributed by atoms with Gasteiger partial charge in [0.1, 0.15) is 5.75 Å². The lowest BCUT2D eigenvalue weighted by atomic mass is 10.2. The average Bonchev–Trinajstić information content (AvgIpc) is 2.89. The maximum absolute atomic E-state index is 12.2. The van der Waals surface area contributed by atoms with Crippen molar-refractivity contribution < 1.29 is 13.2 Å². The molecular formula is C17H16BrN3O3S2. The highest BCUT2D eigenvalue weighted by Crippen LogP contribution is 2.15. The van der Waals surface area contributed by atoms with Crippen molar-refractivity contribution in [3.63, 3.8) is 0 Å². The average molecular weight is 454 g/mol. The second-order valence-corrected chi connectivity index (χ2v) is 9.71. The number of carbonyl (C=O) groups excluding carboxylic acids is 1. The molecular weight excluding hydrogens is 438 g/mol. The summed E-state index contributed by atoms with van der Waals surface area (Å²) in [6.45, 7) is 0. The number of hydrogen-bond acceptors (Lipinski definition) is 5. The molecule has 0 saturated carbocycles. The number of nitrogens with zero attached hydrogens (tertiary/aromatic N) is 2. The van der Waals surface area contributed by atoms with Crippen LogP contribution in [0.3, 0.4) is 0 Å². The Balaban J connectivity index is 1.70. The fourth-order valence-electron chi connectivity index (χ4n) is 2.46. The van der Waals surface area contributed by atoms with Crippen LogP contribution in [-0.2, 0) is 27.4 Å². The number of fused-ring (bicyclic) bond motifs is 1. The Labute approximate surface area is 163 Å². The molecule has 0 saturated heterocycles. The van der Waals surface area contributed by atoms with Gasteiger partial charge in [-0.2, -0.15) is 0 Å². The number of nitrogens with one attached hydrogen (secondary N) is 1. The van der Waals surface area contributed by atoms with Crippen LogP contribution in [-0.4, -0.2) is 24.6 Å². The minimum Gasteiger partial charge on any atom is -0.318 e. The molecule has 0 radical (unpaired) electrons. The zero-order chi connectivity index (χ0) is 18.7. The maximum Gasteiger partial charge on any atom is 0.255 e. The lowest BCUT2D eigenvalue weighted by molar-refractivity contribution is -0.118. The summed E-state index contributed by atoms with van der Waals surface area (Å²) in [5, 5.41) is 4.06. The van der Waals surface area contributed by atoms with Crippen LogP contribution in [0.2, 0.25) is 0 Å². The van der Waals surface area contributed by atoms with Crippen molar-refractivity contribution in [1.82, 2.24) is 9.99 Å². The van der Waals surface area contributed by atoms with E-state index in [0.717, 1.165) is 14.7 Å². The molecule has 0 atom stereocenters. The second-order valence-electron chi connectivity index (χ2n) is 5.72. The Morgan fingerprint density at radius 1 is 1.23 bits per heavy atom. The largest absolute Gasteiger partial charge is 0.318 e. The molecule has 3 aromatic rings. The molecule has 2 aromatic carbocycles. The topological polar surface area (TPSA) is 80.5 Å². The second kappa shape index (κ2) is 7.73. The highest BCUT2D eigenvalue weighted by molar-refractivity contribution is 9.10. The van der Waals surface area contributed by atoms with Crippen LogP contribution in [0.15, 0.2) is 58.1 Å². The molecule has 1 aromatic heterocycles. The molecule has 0 fully saturated rings. The third-order valence-electron chi connectivity index (χ3n) is 3.62. The van der Waals surface area contributed by atoms with E-state index >= 15 is 0 Å². The van der Waals surface area contributed by atoms with Crippen molar-refractivity contribution in [3.05, 3.63) is 63.4 Å². The molecule has 6 nitrogen and oxygen atoms in total. The Bertz CT molecular complexity index is 1130. The van der Waals surface area contributed by atoms with Gasteiger partial charge in [-0.25, -0.2) is 13.8 Å². The van der Waals surface area contributed by atoms with Crippen LogP contribution in [0.1, 0.15) is 5.56 Å². The minimum atomic E-state index is -3.59. The summed E-state index contributed by atoms with van der Waals surface area (Å²) in [5.74, 6) is -1.47. The number of halogens is 1. The number of sulfone groups is 1. The van der Waals surface area contributed by atoms with Crippen molar-refractivity contribution in [1.29, 1.82) is 0 Å². The first-order valence-electron chi connectivity index (χ1n) is 7.66. The normalized spacial score (nSPS) is 12.5. The quantitative estimate of drug-likeness (QED) is 0.602. The van der Waals surface area contributed by atoms with E-state index in [-0.39, 0.29) is 5.75 Å². The van der Waals surface area contributed by atoms with Gasteiger partial charge < -0.3 is 4.57 Å². The van der Waals surface area contributed by atoms with Gasteiger partial charge in [0.2, 0.25) is 4.80 Å². The van der Waals surface area contributed by atoms with Crippen molar-refractivity contribution >= 4 is 53.2 Å². The highest BCUT2D eigenvalue weighted by atomic mass is 79.9. The summed E-state index contributed by atoms with van der Waals surface area (Å²) >= 11 is 4.72. The number of thiazole rings is 1. The Morgan fingerprint density at radius 3 is 2.73 bits per heavy atom. The third-order valence-corrected chi connectivity index (χ3v) is 6.70. The molecule has 0 aliphatic rings. The molecule has 136 valence electrons. The number of benzene rings is 2. The standard InChI is InChI=1S/C17H16BrN3O3S2/c1-21-14-7-2-3-8-15(14)25-17(21)20-19-16(22)11-26(23,24)10-12-5-4-6-13(18)9-12/h2-9H,10-11H2,1H3,(H,19,22)/b20-17-. The fourth-order valence-corrected chi connectivity index (χ4v) is 5.14. The smallest absolute Gasteiger partial charge is 0.255 e. The number of para-hydroxylation sites is 1. The fraction of sp³-hybridized carbons (Fsp3) is 0.176. The van der Waals surface area contributed by atoms with Gasteiger partial charge in [0, 0.05) is 11.5 Å². The van der Waals surface area contributed by atoms with Crippen LogP contribution < -0.4 is 10.2 Å². The summed E-state index contributed by atoms with van der Waals surface area (Å²) in [6, 6.07) is 14.8. The molecule has 1 heterocycles. The highest BCUT2D eigenvalue weighted by Gasteiger charge is 2.17. The molecule has 1 N–H and O–H groups in total. The molecule has 1 amide bonds. The van der Waals surface area contributed by atoms with Gasteiger partial charge in [-0.15, -0.1) is 5.10 Å². The Morgan fingerprint density at radius 2 is 2.00 bits per heavy atom. The summed E-state index contributed by atoms with van der Waals surface area (Å²) in [7, 11) is -1.74. The predicted octanol–water partition coefficient (Wildman–Crippen LogP) is 2.55. The summed E-state index contributed by atoms with van der Waals surface area (Å²) in [5.41, 5.74) is 3.96. The van der Waals surface area contributed by atoms with Crippen molar-refractivity contribution in [2.75, 3.05) is 5.75 Å². The van der Waals surface area contributed by atoms with Gasteiger partial charge in [0.15, 0.2) is 9.84 Å². The number of aryl methyl sites for hydroxylation is 1. The number of carbonyl (C=O) groups is 1. The van der Waals surface area contributed by atoms with E-state index in [1.54, 1.807) is 18.2 Å². The summed E-state index contributed by atoms with van der Waals surface area (Å²) < 4.78 is 28.1. The SMILES string of the molecule is Cn1/c(=N/NC(=O)CS(=O)(=O)Cc2cccc(Br)c2)sc2ccccc21. The first-order valence-corrected chi connectivity index (χ1v) is 11.1. The molecule has 0 aliphatic heterocycles. The molecule has 0 aliphatic carbocycles. The van der Waals surface area contributed by atoms with Gasteiger partial charge in [-0.05, 0) is 29.8 Å². The third kappa shape index (κ3) is 4.60. The van der Waals surface area contributed by atoms with E-state index in [0.29, 0.717) is 10.4 Å². The molecule has 3 rings (SSSR count). The van der Waals surface area contributed by atoms with Gasteiger partial charge >= 0.3 is 0 Å². The lowest BCUT2D eigenvalue weighted by Crippen LogP contribution is -2.29. The molecule has 0 unspecified atom stereocenters. The van der Waals surface area contributed by atoms with Crippen molar-refractivity contribution in [2.24, 2.45) is 12.1 Å². The molecule has 0 bridgehead atoms. The van der Waals surface area contributed by atoms with Crippen molar-refractivity contribution in [3.8, 4) is 0 Å². The molecule has 9 heteroatoms. The van der Waals surface area contributed by atoms with Gasteiger partial charge in [0.05, 0.1) is 16.0 Å².